The molecule has 0 saturated carbocycles. The Labute approximate surface area is 255 Å². The third-order valence-electron chi connectivity index (χ3n) is 10.7. The number of aromatic hydroxyl groups is 1. The molecule has 4 aliphatic heterocycles. The lowest BCUT2D eigenvalue weighted by Crippen LogP contribution is -2.51. The van der Waals surface area contributed by atoms with Gasteiger partial charge in [0.25, 0.3) is 0 Å². The van der Waals surface area contributed by atoms with Gasteiger partial charge >= 0.3 is 6.01 Å². The number of anilines is 1. The topological polar surface area (TPSA) is 73.8 Å². The van der Waals surface area contributed by atoms with Crippen LogP contribution in [-0.4, -0.2) is 76.6 Å². The highest BCUT2D eigenvalue weighted by Crippen LogP contribution is 2.46. The van der Waals surface area contributed by atoms with Crippen LogP contribution in [0.25, 0.3) is 22.0 Å². The number of phenolic OH excluding ortho intramolecular Hbond substituents is 1. The van der Waals surface area contributed by atoms with Crippen LogP contribution in [0.4, 0.5) is 14.6 Å². The summed E-state index contributed by atoms with van der Waals surface area (Å²) in [5.41, 5.74) is 2.73. The van der Waals surface area contributed by atoms with Crippen LogP contribution in [0.2, 0.25) is 5.02 Å². The summed E-state index contributed by atoms with van der Waals surface area (Å²) in [6, 6.07) is 6.01. The number of aromatic nitrogens is 2. The molecule has 43 heavy (non-hydrogen) atoms. The summed E-state index contributed by atoms with van der Waals surface area (Å²) >= 11 is 6.95. The fraction of sp³-hybridized carbons (Fsp3) is 0.576. The van der Waals surface area contributed by atoms with Gasteiger partial charge in [0, 0.05) is 49.1 Å². The molecule has 2 aromatic carbocycles. The summed E-state index contributed by atoms with van der Waals surface area (Å²) in [7, 11) is 0. The Hall–Kier alpha value is -2.75. The van der Waals surface area contributed by atoms with Crippen molar-refractivity contribution in [3.63, 3.8) is 0 Å². The van der Waals surface area contributed by atoms with E-state index >= 15 is 4.39 Å². The van der Waals surface area contributed by atoms with Crippen LogP contribution in [0.1, 0.15) is 68.9 Å². The molecule has 10 heteroatoms. The Balaban J connectivity index is 1.26. The van der Waals surface area contributed by atoms with Gasteiger partial charge in [-0.05, 0) is 92.3 Å². The highest BCUT2D eigenvalue weighted by atomic mass is 35.5. The minimum absolute atomic E-state index is 0.102. The van der Waals surface area contributed by atoms with Crippen molar-refractivity contribution in [3.8, 4) is 22.9 Å². The molecule has 228 valence electrons. The zero-order chi connectivity index (χ0) is 29.5. The molecule has 1 aromatic heterocycles. The van der Waals surface area contributed by atoms with E-state index in [0.29, 0.717) is 41.8 Å². The molecule has 5 atom stereocenters. The fourth-order valence-corrected chi connectivity index (χ4v) is 9.06. The number of halogens is 3. The highest BCUT2D eigenvalue weighted by Gasteiger charge is 2.49. The molecular weight excluding hydrogens is 572 g/mol. The molecule has 5 heterocycles. The van der Waals surface area contributed by atoms with Crippen molar-refractivity contribution >= 4 is 28.3 Å². The van der Waals surface area contributed by atoms with E-state index in [4.69, 9.17) is 21.3 Å². The summed E-state index contributed by atoms with van der Waals surface area (Å²) < 4.78 is 37.7. The number of hydrogen-bond donors (Lipinski definition) is 2. The summed E-state index contributed by atoms with van der Waals surface area (Å²) in [6.45, 7) is 5.21. The first kappa shape index (κ1) is 27.8. The molecular formula is C33H38ClF2N5O2. The summed E-state index contributed by atoms with van der Waals surface area (Å²) in [4.78, 5) is 13.9. The van der Waals surface area contributed by atoms with Crippen molar-refractivity contribution in [1.29, 1.82) is 0 Å². The lowest BCUT2D eigenvalue weighted by molar-refractivity contribution is 0.107. The van der Waals surface area contributed by atoms with Gasteiger partial charge in [0.05, 0.1) is 10.6 Å². The number of rotatable bonds is 5. The Bertz CT molecular complexity index is 1590. The van der Waals surface area contributed by atoms with Gasteiger partial charge < -0.3 is 20.1 Å². The maximum Gasteiger partial charge on any atom is 0.319 e. The molecule has 1 unspecified atom stereocenters. The molecule has 4 saturated heterocycles. The van der Waals surface area contributed by atoms with Crippen molar-refractivity contribution in [2.45, 2.75) is 88.0 Å². The third-order valence-corrected chi connectivity index (χ3v) is 11.0. The minimum Gasteiger partial charge on any atom is -0.508 e. The molecule has 4 fully saturated rings. The predicted molar refractivity (Wildman–Crippen MR) is 164 cm³/mol. The molecule has 5 aliphatic rings. The van der Waals surface area contributed by atoms with Crippen LogP contribution < -0.4 is 15.0 Å². The smallest absolute Gasteiger partial charge is 0.319 e. The van der Waals surface area contributed by atoms with Gasteiger partial charge in [-0.3, -0.25) is 4.90 Å². The van der Waals surface area contributed by atoms with Crippen molar-refractivity contribution in [2.75, 3.05) is 37.7 Å². The van der Waals surface area contributed by atoms with E-state index in [2.05, 4.69) is 27.0 Å². The van der Waals surface area contributed by atoms with Gasteiger partial charge in [-0.2, -0.15) is 9.97 Å². The minimum atomic E-state index is -0.869. The number of piperazine rings is 1. The van der Waals surface area contributed by atoms with Crippen molar-refractivity contribution in [3.05, 3.63) is 40.2 Å². The molecule has 3 aromatic rings. The van der Waals surface area contributed by atoms with E-state index < -0.39 is 12.0 Å². The number of benzene rings is 2. The SMILES string of the molecule is CC1CCCc2cc(O)cc(-c3c(Cl)cc4c(N5C[C@H]6CC[C@@H](C5)N6)nc(OC[C@@]56CCCN5C[C@H](F)C6)nc4c3F)c21. The molecule has 0 radical (unpaired) electrons. The van der Waals surface area contributed by atoms with Crippen LogP contribution in [0.15, 0.2) is 18.2 Å². The van der Waals surface area contributed by atoms with Crippen molar-refractivity contribution in [1.82, 2.24) is 20.2 Å². The lowest BCUT2D eigenvalue weighted by atomic mass is 9.79. The van der Waals surface area contributed by atoms with Gasteiger partial charge in [0.1, 0.15) is 29.9 Å². The average Bonchev–Trinajstić information content (AvgIpc) is 3.62. The van der Waals surface area contributed by atoms with Gasteiger partial charge in [-0.25, -0.2) is 8.78 Å². The molecule has 0 spiro atoms. The maximum absolute atomic E-state index is 16.9. The van der Waals surface area contributed by atoms with E-state index in [1.807, 2.05) is 0 Å². The van der Waals surface area contributed by atoms with Crippen molar-refractivity contribution < 1.29 is 18.6 Å². The van der Waals surface area contributed by atoms with E-state index in [-0.39, 0.29) is 45.9 Å². The Morgan fingerprint density at radius 1 is 1.12 bits per heavy atom. The molecule has 1 aliphatic carbocycles. The number of nitrogens with one attached hydrogen (secondary N) is 1. The Kier molecular flexibility index (Phi) is 6.73. The first-order valence-corrected chi connectivity index (χ1v) is 16.2. The molecule has 2 N–H and O–H groups in total. The normalized spacial score (nSPS) is 30.2. The predicted octanol–water partition coefficient (Wildman–Crippen LogP) is 6.13. The Morgan fingerprint density at radius 3 is 2.74 bits per heavy atom. The number of ether oxygens (including phenoxy) is 1. The standard InChI is InChI=1S/C33H38ClF2N5O2/c1-18-4-2-5-19-10-23(42)11-24(27(18)19)28-26(34)12-25-30(29(28)36)38-32(39-31(25)40-15-21-6-7-22(16-40)37-21)43-17-33-8-3-9-41(33)14-20(35)13-33/h10-12,18,20-22,37,42H,2-9,13-17H2,1H3/t18?,20-,21-,22+,33+/m1/s1. The first-order valence-electron chi connectivity index (χ1n) is 15.9. The van der Waals surface area contributed by atoms with Crippen LogP contribution in [0.5, 0.6) is 11.8 Å². The lowest BCUT2D eigenvalue weighted by Gasteiger charge is -2.35. The second-order valence-corrected chi connectivity index (χ2v) is 13.9. The Morgan fingerprint density at radius 2 is 1.93 bits per heavy atom. The van der Waals surface area contributed by atoms with E-state index in [9.17, 15) is 9.50 Å². The monoisotopic (exact) mass is 609 g/mol. The van der Waals surface area contributed by atoms with Crippen LogP contribution in [0, 0.1) is 5.82 Å². The van der Waals surface area contributed by atoms with Gasteiger partial charge in [0.2, 0.25) is 0 Å². The number of phenols is 1. The summed E-state index contributed by atoms with van der Waals surface area (Å²) in [5, 5.41) is 15.1. The molecule has 2 bridgehead atoms. The van der Waals surface area contributed by atoms with Crippen molar-refractivity contribution in [2.24, 2.45) is 0 Å². The number of aryl methyl sites for hydroxylation is 1. The van der Waals surface area contributed by atoms with Crippen LogP contribution in [-0.2, 0) is 6.42 Å². The summed E-state index contributed by atoms with van der Waals surface area (Å²) in [5.74, 6) is 0.393. The average molecular weight is 610 g/mol. The van der Waals surface area contributed by atoms with Gasteiger partial charge in [-0.1, -0.05) is 18.5 Å². The van der Waals surface area contributed by atoms with Gasteiger partial charge in [0.15, 0.2) is 5.82 Å². The number of hydrogen-bond acceptors (Lipinski definition) is 7. The fourth-order valence-electron chi connectivity index (χ4n) is 8.77. The maximum atomic E-state index is 16.9. The van der Waals surface area contributed by atoms with Gasteiger partial charge in [-0.15, -0.1) is 0 Å². The largest absolute Gasteiger partial charge is 0.508 e. The third kappa shape index (κ3) is 4.65. The van der Waals surface area contributed by atoms with Crippen LogP contribution in [0.3, 0.4) is 0 Å². The quantitative estimate of drug-likeness (QED) is 0.360. The zero-order valence-electron chi connectivity index (χ0n) is 24.5. The second kappa shape index (κ2) is 10.4. The first-order chi connectivity index (χ1) is 20.8. The van der Waals surface area contributed by atoms with E-state index in [0.717, 1.165) is 75.7 Å². The number of nitrogens with zero attached hydrogens (tertiary/aromatic N) is 4. The van der Waals surface area contributed by atoms with Crippen LogP contribution >= 0.6 is 11.6 Å². The summed E-state index contributed by atoms with van der Waals surface area (Å²) in [6.07, 6.45) is 6.48. The number of fused-ring (bicyclic) bond motifs is 5. The van der Waals surface area contributed by atoms with E-state index in [1.165, 1.54) is 0 Å². The molecule has 8 rings (SSSR count). The second-order valence-electron chi connectivity index (χ2n) is 13.5. The number of alkyl halides is 1. The highest BCUT2D eigenvalue weighted by molar-refractivity contribution is 6.34. The van der Waals surface area contributed by atoms with E-state index in [1.54, 1.807) is 18.2 Å². The zero-order valence-corrected chi connectivity index (χ0v) is 25.3. The molecule has 7 nitrogen and oxygen atoms in total. The molecule has 0 amide bonds.